The van der Waals surface area contributed by atoms with E-state index in [9.17, 15) is 9.59 Å². The normalized spacial score (nSPS) is 11.8. The van der Waals surface area contributed by atoms with Crippen LogP contribution in [0.15, 0.2) is 53.4 Å². The molecule has 43 heavy (non-hydrogen) atoms. The quantitative estimate of drug-likeness (QED) is 0.0837. The van der Waals surface area contributed by atoms with Crippen LogP contribution in [0.3, 0.4) is 0 Å². The minimum Gasteiger partial charge on any atom is -0.398 e. The first-order chi connectivity index (χ1) is 20.1. The molecule has 0 unspecified atom stereocenters. The van der Waals surface area contributed by atoms with Gasteiger partial charge < -0.3 is 33.6 Å². The molecular formula is C33H46N6O2S2. The van der Waals surface area contributed by atoms with Gasteiger partial charge in [-0.2, -0.15) is 11.8 Å². The van der Waals surface area contributed by atoms with E-state index >= 15 is 0 Å². The van der Waals surface area contributed by atoms with E-state index in [2.05, 4.69) is 52.2 Å². The van der Waals surface area contributed by atoms with Gasteiger partial charge in [-0.1, -0.05) is 47.6 Å². The van der Waals surface area contributed by atoms with Crippen LogP contribution >= 0.6 is 23.5 Å². The van der Waals surface area contributed by atoms with E-state index in [0.29, 0.717) is 58.5 Å². The number of nitrogen functional groups attached to an aromatic ring is 2. The van der Waals surface area contributed by atoms with Crippen LogP contribution in [0.2, 0.25) is 0 Å². The van der Waals surface area contributed by atoms with Crippen molar-refractivity contribution in [1.29, 1.82) is 0 Å². The van der Waals surface area contributed by atoms with Gasteiger partial charge in [-0.15, -0.1) is 11.8 Å². The average Bonchev–Trinajstić information content (AvgIpc) is 2.92. The molecule has 0 aliphatic carbocycles. The van der Waals surface area contributed by atoms with Gasteiger partial charge in [0.2, 0.25) is 0 Å². The molecule has 232 valence electrons. The molecule has 10 heteroatoms. The molecule has 3 aromatic rings. The number of carbonyl (C=O) groups excluding carboxylic acids is 2. The Bertz CT molecular complexity index is 1460. The van der Waals surface area contributed by atoms with Crippen molar-refractivity contribution >= 4 is 58.1 Å². The van der Waals surface area contributed by atoms with Gasteiger partial charge in [0, 0.05) is 64.1 Å². The molecule has 2 amide bonds. The Kier molecular flexibility index (Phi) is 11.6. The van der Waals surface area contributed by atoms with Gasteiger partial charge in [-0.05, 0) is 64.4 Å². The van der Waals surface area contributed by atoms with E-state index < -0.39 is 0 Å². The third-order valence-corrected chi connectivity index (χ3v) is 9.09. The summed E-state index contributed by atoms with van der Waals surface area (Å²) >= 11 is 3.16. The van der Waals surface area contributed by atoms with Gasteiger partial charge in [0.15, 0.2) is 0 Å². The van der Waals surface area contributed by atoms with Crippen LogP contribution in [0.5, 0.6) is 0 Å². The molecule has 8 nitrogen and oxygen atoms in total. The predicted molar refractivity (Wildman–Crippen MR) is 186 cm³/mol. The molecule has 0 aromatic heterocycles. The second-order valence-corrected chi connectivity index (χ2v) is 14.7. The molecule has 3 rings (SSSR count). The topological polar surface area (TPSA) is 162 Å². The van der Waals surface area contributed by atoms with Gasteiger partial charge in [-0.3, -0.25) is 9.59 Å². The van der Waals surface area contributed by atoms with Crippen molar-refractivity contribution in [2.24, 2.45) is 11.5 Å². The van der Waals surface area contributed by atoms with E-state index in [-0.39, 0.29) is 22.6 Å². The van der Waals surface area contributed by atoms with Crippen molar-refractivity contribution < 1.29 is 9.59 Å². The largest absolute Gasteiger partial charge is 0.398 e. The molecule has 0 aliphatic rings. The van der Waals surface area contributed by atoms with Crippen LogP contribution in [0.25, 0.3) is 0 Å². The monoisotopic (exact) mass is 622 g/mol. The molecular weight excluding hydrogens is 577 g/mol. The van der Waals surface area contributed by atoms with Crippen molar-refractivity contribution in [1.82, 2.24) is 0 Å². The van der Waals surface area contributed by atoms with E-state index in [1.165, 1.54) is 11.8 Å². The first-order valence-corrected chi connectivity index (χ1v) is 16.5. The van der Waals surface area contributed by atoms with Crippen LogP contribution in [0.1, 0.15) is 78.9 Å². The van der Waals surface area contributed by atoms with Crippen LogP contribution in [-0.4, -0.2) is 36.4 Å². The molecule has 0 atom stereocenters. The zero-order valence-electron chi connectivity index (χ0n) is 26.1. The first kappa shape index (κ1) is 34.3. The molecule has 3 aromatic carbocycles. The van der Waals surface area contributed by atoms with E-state index in [0.717, 1.165) is 27.3 Å². The fourth-order valence-corrected chi connectivity index (χ4v) is 6.00. The lowest BCUT2D eigenvalue weighted by molar-refractivity contribution is 0.102. The molecule has 0 fully saturated rings. The lowest BCUT2D eigenvalue weighted by Crippen LogP contribution is -2.19. The predicted octanol–water partition coefficient (Wildman–Crippen LogP) is 6.19. The summed E-state index contributed by atoms with van der Waals surface area (Å²) in [6.07, 6.45) is 0. The van der Waals surface area contributed by atoms with Gasteiger partial charge in [-0.25, -0.2) is 0 Å². The summed E-state index contributed by atoms with van der Waals surface area (Å²) < 4.78 is 0. The minimum absolute atomic E-state index is 0.163. The zero-order chi connectivity index (χ0) is 31.9. The highest BCUT2D eigenvalue weighted by molar-refractivity contribution is 7.99. The average molecular weight is 623 g/mol. The third kappa shape index (κ3) is 9.15. The Morgan fingerprint density at radius 2 is 1.23 bits per heavy atom. The summed E-state index contributed by atoms with van der Waals surface area (Å²) in [7, 11) is 0. The fourth-order valence-electron chi connectivity index (χ4n) is 4.35. The van der Waals surface area contributed by atoms with Crippen molar-refractivity contribution in [3.63, 3.8) is 0 Å². The molecule has 0 radical (unpaired) electrons. The minimum atomic E-state index is -0.340. The van der Waals surface area contributed by atoms with E-state index in [4.69, 9.17) is 22.9 Å². The number of rotatable bonds is 11. The Labute approximate surface area is 264 Å². The van der Waals surface area contributed by atoms with Gasteiger partial charge in [0.25, 0.3) is 11.8 Å². The number of amides is 2. The number of benzene rings is 3. The van der Waals surface area contributed by atoms with Crippen LogP contribution in [0, 0.1) is 0 Å². The summed E-state index contributed by atoms with van der Waals surface area (Å²) in [5.41, 5.74) is 30.1. The van der Waals surface area contributed by atoms with Gasteiger partial charge in [0.1, 0.15) is 0 Å². The van der Waals surface area contributed by atoms with Crippen molar-refractivity contribution in [2.75, 3.05) is 46.7 Å². The summed E-state index contributed by atoms with van der Waals surface area (Å²) in [5, 5.41) is 6.09. The number of hydrogen-bond acceptors (Lipinski definition) is 8. The third-order valence-electron chi connectivity index (χ3n) is 6.89. The Morgan fingerprint density at radius 1 is 0.721 bits per heavy atom. The fraction of sp³-hybridized carbons (Fsp3) is 0.394. The maximum atomic E-state index is 13.5. The van der Waals surface area contributed by atoms with Crippen molar-refractivity contribution in [3.05, 3.63) is 76.3 Å². The number of hydrogen-bond donors (Lipinski definition) is 6. The Hall–Kier alpha value is -3.18. The number of carbonyl (C=O) groups is 2. The lowest BCUT2D eigenvalue weighted by Gasteiger charge is -2.23. The summed E-state index contributed by atoms with van der Waals surface area (Å²) in [4.78, 5) is 27.8. The number of thioether (sulfide) groups is 2. The lowest BCUT2D eigenvalue weighted by atomic mass is 9.85. The van der Waals surface area contributed by atoms with Crippen LogP contribution in [0.4, 0.5) is 22.7 Å². The smallest absolute Gasteiger partial charge is 0.255 e. The van der Waals surface area contributed by atoms with E-state index in [1.54, 1.807) is 36.0 Å². The van der Waals surface area contributed by atoms with E-state index in [1.807, 2.05) is 24.3 Å². The standard InChI is InChI=1S/C33H46N6O2S2/c1-32(2,3)22-15-25(36)24(19-42-12-10-34)27(17-22)38-30(40)20-8-7-9-21(14-20)31(41)39-28-18-23(33(4,5)6)16-26(37)29(28)43-13-11-35/h7-9,14-18H,10-13,19,34-37H2,1-6H3,(H,38,40)(H,39,41). The maximum absolute atomic E-state index is 13.5. The Morgan fingerprint density at radius 3 is 1.77 bits per heavy atom. The second kappa shape index (κ2) is 14.5. The molecule has 0 bridgehead atoms. The zero-order valence-corrected chi connectivity index (χ0v) is 27.7. The molecule has 0 saturated heterocycles. The van der Waals surface area contributed by atoms with Crippen LogP contribution in [-0.2, 0) is 16.6 Å². The summed E-state index contributed by atoms with van der Waals surface area (Å²) in [6, 6.07) is 14.5. The van der Waals surface area contributed by atoms with Crippen molar-refractivity contribution in [2.45, 2.75) is 63.0 Å². The molecule has 0 spiro atoms. The SMILES string of the molecule is CC(C)(C)c1cc(N)c(CSCCN)c(NC(=O)c2cccc(C(=O)Nc3cc(C(C)(C)C)cc(N)c3SCCN)c2)c1. The summed E-state index contributed by atoms with van der Waals surface area (Å²) in [5.74, 6) is 1.38. The molecule has 0 saturated carbocycles. The Balaban J connectivity index is 1.92. The summed E-state index contributed by atoms with van der Waals surface area (Å²) in [6.45, 7) is 13.6. The van der Waals surface area contributed by atoms with Crippen LogP contribution < -0.4 is 33.6 Å². The number of nitrogens with two attached hydrogens (primary N) is 4. The highest BCUT2D eigenvalue weighted by Crippen LogP contribution is 2.38. The maximum Gasteiger partial charge on any atom is 0.255 e. The first-order valence-electron chi connectivity index (χ1n) is 14.4. The highest BCUT2D eigenvalue weighted by atomic mass is 32.2. The molecule has 10 N–H and O–H groups in total. The molecule has 0 heterocycles. The molecule has 0 aliphatic heterocycles. The van der Waals surface area contributed by atoms with Gasteiger partial charge >= 0.3 is 0 Å². The number of anilines is 4. The second-order valence-electron chi connectivity index (χ2n) is 12.5. The number of nitrogens with one attached hydrogen (secondary N) is 2. The van der Waals surface area contributed by atoms with Gasteiger partial charge in [0.05, 0.1) is 10.6 Å². The van der Waals surface area contributed by atoms with Crippen molar-refractivity contribution in [3.8, 4) is 0 Å². The highest BCUT2D eigenvalue weighted by Gasteiger charge is 2.22.